The molecule has 8 nitrogen and oxygen atoms in total. The molecule has 0 aromatic heterocycles. The highest BCUT2D eigenvalue weighted by molar-refractivity contribution is 7.89. The maximum Gasteiger partial charge on any atom is 0.338 e. The fourth-order valence-electron chi connectivity index (χ4n) is 2.82. The Morgan fingerprint density at radius 3 is 2.14 bits per heavy atom. The molecule has 9 heteroatoms. The first-order chi connectivity index (χ1) is 13.4. The first-order valence-corrected chi connectivity index (χ1v) is 10.1. The molecule has 1 heterocycles. The van der Waals surface area contributed by atoms with Crippen LogP contribution in [0.25, 0.3) is 0 Å². The van der Waals surface area contributed by atoms with Gasteiger partial charge in [-0.2, -0.15) is 4.31 Å². The van der Waals surface area contributed by atoms with E-state index in [1.807, 2.05) is 0 Å². The molecule has 28 heavy (non-hydrogen) atoms. The highest BCUT2D eigenvalue weighted by Gasteiger charge is 2.30. The van der Waals surface area contributed by atoms with Crippen LogP contribution in [0.15, 0.2) is 59.5 Å². The van der Waals surface area contributed by atoms with Crippen LogP contribution in [0.4, 0.5) is 0 Å². The maximum atomic E-state index is 12.6. The average Bonchev–Trinajstić information content (AvgIpc) is 2.73. The molecule has 148 valence electrons. The number of hydrogen-bond acceptors (Lipinski definition) is 6. The monoisotopic (exact) mass is 404 g/mol. The van der Waals surface area contributed by atoms with Gasteiger partial charge in [0.15, 0.2) is 6.61 Å². The molecule has 2 aromatic rings. The van der Waals surface area contributed by atoms with Gasteiger partial charge in [0.1, 0.15) is 5.75 Å². The van der Waals surface area contributed by atoms with E-state index in [0.29, 0.717) is 0 Å². The maximum absolute atomic E-state index is 12.6. The van der Waals surface area contributed by atoms with E-state index in [0.717, 1.165) is 0 Å². The van der Waals surface area contributed by atoms with Gasteiger partial charge < -0.3 is 14.7 Å². The van der Waals surface area contributed by atoms with Crippen molar-refractivity contribution < 1.29 is 27.9 Å². The minimum Gasteiger partial charge on any atom is -0.508 e. The number of ether oxygens (including phenoxy) is 1. The van der Waals surface area contributed by atoms with Crippen LogP contribution in [0.2, 0.25) is 0 Å². The van der Waals surface area contributed by atoms with Gasteiger partial charge in [0.25, 0.3) is 5.91 Å². The lowest BCUT2D eigenvalue weighted by atomic mass is 10.2. The van der Waals surface area contributed by atoms with Crippen molar-refractivity contribution in [1.82, 2.24) is 9.21 Å². The van der Waals surface area contributed by atoms with Crippen molar-refractivity contribution in [2.45, 2.75) is 4.90 Å². The molecular weight excluding hydrogens is 384 g/mol. The Bertz CT molecular complexity index is 936. The zero-order valence-electron chi connectivity index (χ0n) is 15.0. The summed E-state index contributed by atoms with van der Waals surface area (Å²) in [5.41, 5.74) is 0.226. The second kappa shape index (κ2) is 8.41. The van der Waals surface area contributed by atoms with Gasteiger partial charge in [-0.3, -0.25) is 4.79 Å². The third-order valence-corrected chi connectivity index (χ3v) is 6.31. The lowest BCUT2D eigenvalue weighted by Crippen LogP contribution is -2.51. The third kappa shape index (κ3) is 4.49. The highest BCUT2D eigenvalue weighted by Crippen LogP contribution is 2.17. The molecule has 0 unspecified atom stereocenters. The van der Waals surface area contributed by atoms with E-state index in [-0.39, 0.29) is 48.3 Å². The summed E-state index contributed by atoms with van der Waals surface area (Å²) >= 11 is 0. The van der Waals surface area contributed by atoms with Crippen molar-refractivity contribution in [1.29, 1.82) is 0 Å². The summed E-state index contributed by atoms with van der Waals surface area (Å²) in [4.78, 5) is 25.9. The Labute approximate surface area is 163 Å². The standard InChI is InChI=1S/C19H20N2O6S/c22-16-8-6-15(7-9-16)19(24)27-14-18(23)20-10-12-21(13-11-20)28(25,26)17-4-2-1-3-5-17/h1-9,22H,10-14H2. The quantitative estimate of drug-likeness (QED) is 0.748. The van der Waals surface area contributed by atoms with Gasteiger partial charge in [0.05, 0.1) is 10.5 Å². The van der Waals surface area contributed by atoms with Crippen LogP contribution in [-0.2, 0) is 19.6 Å². The number of nitrogens with zero attached hydrogens (tertiary/aromatic N) is 2. The molecule has 1 saturated heterocycles. The molecule has 0 saturated carbocycles. The van der Waals surface area contributed by atoms with Crippen LogP contribution in [0.1, 0.15) is 10.4 Å². The van der Waals surface area contributed by atoms with Crippen LogP contribution in [0.5, 0.6) is 5.75 Å². The lowest BCUT2D eigenvalue weighted by molar-refractivity contribution is -0.135. The number of benzene rings is 2. The Balaban J connectivity index is 1.51. The largest absolute Gasteiger partial charge is 0.508 e. The first kappa shape index (κ1) is 19.8. The highest BCUT2D eigenvalue weighted by atomic mass is 32.2. The zero-order chi connectivity index (χ0) is 20.1. The number of hydrogen-bond donors (Lipinski definition) is 1. The number of sulfonamides is 1. The van der Waals surface area contributed by atoms with Crippen LogP contribution < -0.4 is 0 Å². The SMILES string of the molecule is O=C(OCC(=O)N1CCN(S(=O)(=O)c2ccccc2)CC1)c1ccc(O)cc1. The molecule has 1 amide bonds. The Hall–Kier alpha value is -2.91. The molecule has 0 atom stereocenters. The van der Waals surface area contributed by atoms with Gasteiger partial charge in [-0.15, -0.1) is 0 Å². The van der Waals surface area contributed by atoms with Crippen molar-refractivity contribution in [3.05, 3.63) is 60.2 Å². The number of rotatable bonds is 5. The van der Waals surface area contributed by atoms with Gasteiger partial charge in [-0.05, 0) is 36.4 Å². The summed E-state index contributed by atoms with van der Waals surface area (Å²) in [6.45, 7) is 0.373. The van der Waals surface area contributed by atoms with Crippen molar-refractivity contribution >= 4 is 21.9 Å². The van der Waals surface area contributed by atoms with E-state index in [2.05, 4.69) is 0 Å². The summed E-state index contributed by atoms with van der Waals surface area (Å²) in [5.74, 6) is -1.03. The second-order valence-corrected chi connectivity index (χ2v) is 8.16. The minimum atomic E-state index is -3.59. The average molecular weight is 404 g/mol. The summed E-state index contributed by atoms with van der Waals surface area (Å²) in [5, 5.41) is 9.22. The molecule has 0 bridgehead atoms. The molecule has 2 aromatic carbocycles. The number of piperazine rings is 1. The van der Waals surface area contributed by atoms with Crippen molar-refractivity contribution in [3.8, 4) is 5.75 Å². The molecular formula is C19H20N2O6S. The summed E-state index contributed by atoms with van der Waals surface area (Å²) in [6, 6.07) is 13.6. The third-order valence-electron chi connectivity index (χ3n) is 4.40. The molecule has 3 rings (SSSR count). The smallest absolute Gasteiger partial charge is 0.338 e. The topological polar surface area (TPSA) is 104 Å². The van der Waals surface area contributed by atoms with E-state index in [1.54, 1.807) is 18.2 Å². The zero-order valence-corrected chi connectivity index (χ0v) is 15.8. The van der Waals surface area contributed by atoms with Gasteiger partial charge in [-0.25, -0.2) is 13.2 Å². The normalized spacial score (nSPS) is 15.2. The van der Waals surface area contributed by atoms with E-state index in [9.17, 15) is 23.1 Å². The van der Waals surface area contributed by atoms with E-state index >= 15 is 0 Å². The number of carbonyl (C=O) groups excluding carboxylic acids is 2. The lowest BCUT2D eigenvalue weighted by Gasteiger charge is -2.33. The second-order valence-electron chi connectivity index (χ2n) is 6.22. The van der Waals surface area contributed by atoms with Crippen molar-refractivity contribution in [2.24, 2.45) is 0 Å². The molecule has 1 N–H and O–H groups in total. The number of amides is 1. The van der Waals surface area contributed by atoms with Gasteiger partial charge in [0, 0.05) is 26.2 Å². The van der Waals surface area contributed by atoms with E-state index in [1.165, 1.54) is 45.6 Å². The minimum absolute atomic E-state index is 0.0240. The molecule has 0 radical (unpaired) electrons. The van der Waals surface area contributed by atoms with Crippen molar-refractivity contribution in [3.63, 3.8) is 0 Å². The van der Waals surface area contributed by atoms with E-state index in [4.69, 9.17) is 4.74 Å². The predicted octanol–water partition coefficient (Wildman–Crippen LogP) is 1.08. The Morgan fingerprint density at radius 1 is 0.929 bits per heavy atom. The number of aromatic hydroxyl groups is 1. The summed E-state index contributed by atoms with van der Waals surface area (Å²) < 4.78 is 31.5. The molecule has 1 fully saturated rings. The molecule has 1 aliphatic rings. The first-order valence-electron chi connectivity index (χ1n) is 8.67. The van der Waals surface area contributed by atoms with Crippen LogP contribution >= 0.6 is 0 Å². The van der Waals surface area contributed by atoms with Crippen LogP contribution in [0, 0.1) is 0 Å². The number of carbonyl (C=O) groups is 2. The van der Waals surface area contributed by atoms with E-state index < -0.39 is 22.6 Å². The Kier molecular flexibility index (Phi) is 5.96. The Morgan fingerprint density at radius 2 is 1.54 bits per heavy atom. The van der Waals surface area contributed by atoms with Gasteiger partial charge in [0.2, 0.25) is 10.0 Å². The summed E-state index contributed by atoms with van der Waals surface area (Å²) in [7, 11) is -3.59. The van der Waals surface area contributed by atoms with Gasteiger partial charge in [-0.1, -0.05) is 18.2 Å². The predicted molar refractivity (Wildman–Crippen MR) is 100 cm³/mol. The fourth-order valence-corrected chi connectivity index (χ4v) is 4.26. The molecule has 0 aliphatic carbocycles. The van der Waals surface area contributed by atoms with Crippen molar-refractivity contribution in [2.75, 3.05) is 32.8 Å². The van der Waals surface area contributed by atoms with Gasteiger partial charge >= 0.3 is 5.97 Å². The summed E-state index contributed by atoms with van der Waals surface area (Å²) in [6.07, 6.45) is 0. The number of phenols is 1. The molecule has 0 spiro atoms. The van der Waals surface area contributed by atoms with Crippen LogP contribution in [0.3, 0.4) is 0 Å². The van der Waals surface area contributed by atoms with Crippen LogP contribution in [-0.4, -0.2) is 67.4 Å². The fraction of sp³-hybridized carbons (Fsp3) is 0.263. The number of phenolic OH excluding ortho intramolecular Hbond substituents is 1. The molecule has 1 aliphatic heterocycles. The number of esters is 1.